The summed E-state index contributed by atoms with van der Waals surface area (Å²) in [5, 5.41) is 11.8. The Labute approximate surface area is 116 Å². The molecule has 2 N–H and O–H groups in total. The lowest BCUT2D eigenvalue weighted by molar-refractivity contribution is -0.135. The van der Waals surface area contributed by atoms with Crippen LogP contribution in [0.15, 0.2) is 16.7 Å². The topological polar surface area (TPSA) is 92.0 Å². The molecule has 7 nitrogen and oxygen atoms in total. The third kappa shape index (κ3) is 4.07. The molecule has 1 aliphatic rings. The minimum atomic E-state index is -1.01. The fraction of sp³-hybridized carbons (Fsp3) is 0.538. The number of carboxylic acid groups (broad SMARTS) is 1. The average Bonchev–Trinajstić information content (AvgIpc) is 2.93. The van der Waals surface area contributed by atoms with Crippen LogP contribution in [0, 0.1) is 0 Å². The smallest absolute Gasteiger partial charge is 0.338 e. The SMILES string of the molecule is O=C(O)c1coc(CNCCC(=O)N2CCOCC2)c1. The highest BCUT2D eigenvalue weighted by Gasteiger charge is 2.16. The lowest BCUT2D eigenvalue weighted by Gasteiger charge is -2.26. The normalized spacial score (nSPS) is 15.3. The molecule has 7 heteroatoms. The molecular weight excluding hydrogens is 264 g/mol. The first-order valence-electron chi connectivity index (χ1n) is 6.54. The van der Waals surface area contributed by atoms with Crippen molar-refractivity contribution in [2.75, 3.05) is 32.8 Å². The minimum absolute atomic E-state index is 0.103. The van der Waals surface area contributed by atoms with Gasteiger partial charge in [0, 0.05) is 26.1 Å². The van der Waals surface area contributed by atoms with Gasteiger partial charge in [-0.1, -0.05) is 0 Å². The summed E-state index contributed by atoms with van der Waals surface area (Å²) >= 11 is 0. The van der Waals surface area contributed by atoms with Gasteiger partial charge in [-0.15, -0.1) is 0 Å². The highest BCUT2D eigenvalue weighted by Crippen LogP contribution is 2.07. The Morgan fingerprint density at radius 2 is 2.10 bits per heavy atom. The molecule has 0 saturated carbocycles. The van der Waals surface area contributed by atoms with E-state index < -0.39 is 5.97 Å². The van der Waals surface area contributed by atoms with Crippen LogP contribution in [0.3, 0.4) is 0 Å². The Balaban J connectivity index is 1.65. The summed E-state index contributed by atoms with van der Waals surface area (Å²) in [7, 11) is 0. The summed E-state index contributed by atoms with van der Waals surface area (Å²) in [6, 6.07) is 1.47. The van der Waals surface area contributed by atoms with E-state index in [4.69, 9.17) is 14.3 Å². The number of nitrogens with one attached hydrogen (secondary N) is 1. The molecule has 1 aliphatic heterocycles. The van der Waals surface area contributed by atoms with Crippen molar-refractivity contribution in [2.45, 2.75) is 13.0 Å². The van der Waals surface area contributed by atoms with Gasteiger partial charge < -0.3 is 24.5 Å². The lowest BCUT2D eigenvalue weighted by atomic mass is 10.3. The van der Waals surface area contributed by atoms with Gasteiger partial charge in [-0.25, -0.2) is 4.79 Å². The van der Waals surface area contributed by atoms with E-state index in [1.165, 1.54) is 12.3 Å². The molecule has 1 saturated heterocycles. The Morgan fingerprint density at radius 3 is 2.75 bits per heavy atom. The number of nitrogens with zero attached hydrogens (tertiary/aromatic N) is 1. The van der Waals surface area contributed by atoms with Gasteiger partial charge in [0.2, 0.25) is 5.91 Å². The van der Waals surface area contributed by atoms with Crippen LogP contribution < -0.4 is 5.32 Å². The van der Waals surface area contributed by atoms with E-state index in [-0.39, 0.29) is 11.5 Å². The van der Waals surface area contributed by atoms with E-state index in [0.717, 1.165) is 0 Å². The Bertz CT molecular complexity index is 465. The zero-order chi connectivity index (χ0) is 14.4. The van der Waals surface area contributed by atoms with Gasteiger partial charge in [0.15, 0.2) is 0 Å². The van der Waals surface area contributed by atoms with Crippen molar-refractivity contribution in [1.29, 1.82) is 0 Å². The number of ether oxygens (including phenoxy) is 1. The van der Waals surface area contributed by atoms with Crippen LogP contribution in [-0.4, -0.2) is 54.7 Å². The van der Waals surface area contributed by atoms with Crippen molar-refractivity contribution < 1.29 is 23.8 Å². The highest BCUT2D eigenvalue weighted by molar-refractivity contribution is 5.87. The molecule has 110 valence electrons. The average molecular weight is 282 g/mol. The summed E-state index contributed by atoms with van der Waals surface area (Å²) in [6.45, 7) is 3.44. The van der Waals surface area contributed by atoms with Crippen molar-refractivity contribution in [3.63, 3.8) is 0 Å². The van der Waals surface area contributed by atoms with Crippen LogP contribution in [0.2, 0.25) is 0 Å². The number of morpholine rings is 1. The maximum Gasteiger partial charge on any atom is 0.338 e. The number of carbonyl (C=O) groups is 2. The molecule has 2 heterocycles. The molecule has 2 rings (SSSR count). The standard InChI is InChI=1S/C13H18N2O5/c16-12(15-3-5-19-6-4-15)1-2-14-8-11-7-10(9-20-11)13(17)18/h7,9,14H,1-6,8H2,(H,17,18). The van der Waals surface area contributed by atoms with Gasteiger partial charge in [0.05, 0.1) is 25.3 Å². The molecule has 20 heavy (non-hydrogen) atoms. The number of hydrogen-bond donors (Lipinski definition) is 2. The van der Waals surface area contributed by atoms with Gasteiger partial charge >= 0.3 is 5.97 Å². The summed E-state index contributed by atoms with van der Waals surface area (Å²) in [6.07, 6.45) is 1.62. The van der Waals surface area contributed by atoms with Crippen molar-refractivity contribution >= 4 is 11.9 Å². The molecule has 1 aromatic heterocycles. The van der Waals surface area contributed by atoms with Crippen LogP contribution in [0.1, 0.15) is 22.5 Å². The zero-order valence-electron chi connectivity index (χ0n) is 11.1. The number of hydrogen-bond acceptors (Lipinski definition) is 5. The number of rotatable bonds is 6. The van der Waals surface area contributed by atoms with E-state index in [1.807, 2.05) is 0 Å². The van der Waals surface area contributed by atoms with Crippen LogP contribution in [0.5, 0.6) is 0 Å². The summed E-state index contributed by atoms with van der Waals surface area (Å²) in [5.41, 5.74) is 0.131. The Morgan fingerprint density at radius 1 is 1.35 bits per heavy atom. The Kier molecular flexibility index (Phi) is 5.14. The number of carbonyl (C=O) groups excluding carboxylic acids is 1. The highest BCUT2D eigenvalue weighted by atomic mass is 16.5. The van der Waals surface area contributed by atoms with E-state index in [9.17, 15) is 9.59 Å². The van der Waals surface area contributed by atoms with Crippen molar-refractivity contribution in [3.05, 3.63) is 23.7 Å². The second-order valence-corrected chi connectivity index (χ2v) is 4.53. The largest absolute Gasteiger partial charge is 0.478 e. The van der Waals surface area contributed by atoms with E-state index in [2.05, 4.69) is 5.32 Å². The molecule has 0 radical (unpaired) electrons. The molecule has 0 aromatic carbocycles. The first kappa shape index (κ1) is 14.5. The zero-order valence-corrected chi connectivity index (χ0v) is 11.1. The molecule has 0 spiro atoms. The Hall–Kier alpha value is -1.86. The monoisotopic (exact) mass is 282 g/mol. The van der Waals surface area contributed by atoms with Gasteiger partial charge in [-0.2, -0.15) is 0 Å². The van der Waals surface area contributed by atoms with Crippen molar-refractivity contribution in [1.82, 2.24) is 10.2 Å². The summed E-state index contributed by atoms with van der Waals surface area (Å²) in [5.74, 6) is -0.366. The maximum absolute atomic E-state index is 11.8. The number of amides is 1. The number of aromatic carboxylic acids is 1. The molecule has 1 amide bonds. The van der Waals surface area contributed by atoms with Gasteiger partial charge in [0.1, 0.15) is 12.0 Å². The molecule has 0 bridgehead atoms. The lowest BCUT2D eigenvalue weighted by Crippen LogP contribution is -2.41. The second kappa shape index (κ2) is 7.06. The van der Waals surface area contributed by atoms with Crippen LogP contribution >= 0.6 is 0 Å². The molecule has 1 aromatic rings. The van der Waals surface area contributed by atoms with E-state index >= 15 is 0 Å². The molecular formula is C13H18N2O5. The van der Waals surface area contributed by atoms with Gasteiger partial charge in [-0.05, 0) is 6.07 Å². The third-order valence-electron chi connectivity index (χ3n) is 3.08. The van der Waals surface area contributed by atoms with Crippen LogP contribution in [0.25, 0.3) is 0 Å². The fourth-order valence-electron chi connectivity index (χ4n) is 1.96. The maximum atomic E-state index is 11.8. The third-order valence-corrected chi connectivity index (χ3v) is 3.08. The molecule has 0 atom stereocenters. The van der Waals surface area contributed by atoms with Gasteiger partial charge in [-0.3, -0.25) is 4.79 Å². The minimum Gasteiger partial charge on any atom is -0.478 e. The van der Waals surface area contributed by atoms with E-state index in [1.54, 1.807) is 4.90 Å². The molecule has 1 fully saturated rings. The van der Waals surface area contributed by atoms with Crippen LogP contribution in [-0.2, 0) is 16.1 Å². The number of furan rings is 1. The van der Waals surface area contributed by atoms with E-state index in [0.29, 0.717) is 51.6 Å². The summed E-state index contributed by atoms with van der Waals surface area (Å²) in [4.78, 5) is 24.3. The number of carboxylic acids is 1. The molecule has 0 aliphatic carbocycles. The quantitative estimate of drug-likeness (QED) is 0.730. The summed E-state index contributed by atoms with van der Waals surface area (Å²) < 4.78 is 10.3. The fourth-order valence-corrected chi connectivity index (χ4v) is 1.96. The molecule has 0 unspecified atom stereocenters. The predicted octanol–water partition coefficient (Wildman–Crippen LogP) is 0.316. The van der Waals surface area contributed by atoms with Crippen LogP contribution in [0.4, 0.5) is 0 Å². The first-order chi connectivity index (χ1) is 9.66. The second-order valence-electron chi connectivity index (χ2n) is 4.53. The van der Waals surface area contributed by atoms with Crippen molar-refractivity contribution in [2.24, 2.45) is 0 Å². The van der Waals surface area contributed by atoms with Crippen molar-refractivity contribution in [3.8, 4) is 0 Å². The predicted molar refractivity (Wildman–Crippen MR) is 69.4 cm³/mol. The first-order valence-corrected chi connectivity index (χ1v) is 6.54. The van der Waals surface area contributed by atoms with Gasteiger partial charge in [0.25, 0.3) is 0 Å².